The Bertz CT molecular complexity index is 583. The number of benzene rings is 1. The SMILES string of the molecule is CCc1ccccc1NC(=S)Nc1nccc(C)n1. The molecule has 0 amide bonds. The van der Waals surface area contributed by atoms with E-state index >= 15 is 0 Å². The van der Waals surface area contributed by atoms with E-state index < -0.39 is 0 Å². The number of aryl methyl sites for hydroxylation is 2. The van der Waals surface area contributed by atoms with Gasteiger partial charge in [0.2, 0.25) is 5.95 Å². The van der Waals surface area contributed by atoms with E-state index in [1.807, 2.05) is 31.2 Å². The monoisotopic (exact) mass is 272 g/mol. The highest BCUT2D eigenvalue weighted by molar-refractivity contribution is 7.80. The normalized spacial score (nSPS) is 10.0. The van der Waals surface area contributed by atoms with Crippen LogP contribution in [0.1, 0.15) is 18.2 Å². The van der Waals surface area contributed by atoms with Gasteiger partial charge >= 0.3 is 0 Å². The average molecular weight is 272 g/mol. The molecule has 1 aromatic carbocycles. The van der Waals surface area contributed by atoms with E-state index in [0.717, 1.165) is 17.8 Å². The Balaban J connectivity index is 2.05. The van der Waals surface area contributed by atoms with Crippen molar-refractivity contribution in [2.45, 2.75) is 20.3 Å². The molecule has 0 bridgehead atoms. The van der Waals surface area contributed by atoms with E-state index in [0.29, 0.717) is 11.1 Å². The zero-order valence-corrected chi connectivity index (χ0v) is 11.8. The van der Waals surface area contributed by atoms with Gasteiger partial charge in [-0.2, -0.15) is 0 Å². The van der Waals surface area contributed by atoms with Gasteiger partial charge in [0.05, 0.1) is 0 Å². The summed E-state index contributed by atoms with van der Waals surface area (Å²) in [7, 11) is 0. The molecule has 0 aliphatic rings. The topological polar surface area (TPSA) is 49.8 Å². The molecule has 2 N–H and O–H groups in total. The molecule has 0 atom stereocenters. The van der Waals surface area contributed by atoms with Crippen molar-refractivity contribution in [1.82, 2.24) is 9.97 Å². The smallest absolute Gasteiger partial charge is 0.229 e. The van der Waals surface area contributed by atoms with Crippen LogP contribution in [0.25, 0.3) is 0 Å². The minimum atomic E-state index is 0.492. The molecule has 2 aromatic rings. The second-order valence-corrected chi connectivity index (χ2v) is 4.52. The van der Waals surface area contributed by atoms with Gasteiger partial charge in [-0.3, -0.25) is 0 Å². The third kappa shape index (κ3) is 3.72. The number of rotatable bonds is 3. The molecule has 0 radical (unpaired) electrons. The standard InChI is InChI=1S/C14H16N4S/c1-3-11-6-4-5-7-12(11)17-14(19)18-13-15-9-8-10(2)16-13/h4-9H,3H2,1-2H3,(H2,15,16,17,18,19). The van der Waals surface area contributed by atoms with Crippen LogP contribution in [0.5, 0.6) is 0 Å². The molecule has 0 fully saturated rings. The first-order valence-corrected chi connectivity index (χ1v) is 6.55. The summed E-state index contributed by atoms with van der Waals surface area (Å²) in [4.78, 5) is 8.36. The van der Waals surface area contributed by atoms with Crippen molar-refractivity contribution >= 4 is 29.0 Å². The second kappa shape index (κ2) is 6.24. The maximum atomic E-state index is 5.27. The zero-order chi connectivity index (χ0) is 13.7. The molecule has 1 heterocycles. The molecule has 98 valence electrons. The molecule has 0 saturated heterocycles. The number of aromatic nitrogens is 2. The summed E-state index contributed by atoms with van der Waals surface area (Å²) >= 11 is 5.27. The Labute approximate surface area is 118 Å². The summed E-state index contributed by atoms with van der Waals surface area (Å²) < 4.78 is 0. The van der Waals surface area contributed by atoms with Gasteiger partial charge in [-0.25, -0.2) is 9.97 Å². The van der Waals surface area contributed by atoms with Gasteiger partial charge in [0.25, 0.3) is 0 Å². The molecule has 0 saturated carbocycles. The molecule has 2 rings (SSSR count). The Morgan fingerprint density at radius 3 is 2.74 bits per heavy atom. The maximum Gasteiger partial charge on any atom is 0.229 e. The van der Waals surface area contributed by atoms with E-state index in [-0.39, 0.29) is 0 Å². The van der Waals surface area contributed by atoms with E-state index in [4.69, 9.17) is 12.2 Å². The third-order valence-electron chi connectivity index (χ3n) is 2.67. The Morgan fingerprint density at radius 1 is 1.21 bits per heavy atom. The number of para-hydroxylation sites is 1. The van der Waals surface area contributed by atoms with Gasteiger partial charge < -0.3 is 10.6 Å². The molecule has 4 nitrogen and oxygen atoms in total. The van der Waals surface area contributed by atoms with Gasteiger partial charge in [-0.15, -0.1) is 0 Å². The lowest BCUT2D eigenvalue weighted by atomic mass is 10.1. The van der Waals surface area contributed by atoms with Crippen LogP contribution in [0.3, 0.4) is 0 Å². The molecule has 0 unspecified atom stereocenters. The summed E-state index contributed by atoms with van der Waals surface area (Å²) in [5.41, 5.74) is 3.13. The van der Waals surface area contributed by atoms with Crippen molar-refractivity contribution in [1.29, 1.82) is 0 Å². The van der Waals surface area contributed by atoms with Crippen LogP contribution in [0.4, 0.5) is 11.6 Å². The predicted molar refractivity (Wildman–Crippen MR) is 82.4 cm³/mol. The Kier molecular flexibility index (Phi) is 4.41. The lowest BCUT2D eigenvalue weighted by Gasteiger charge is -2.12. The highest BCUT2D eigenvalue weighted by atomic mass is 32.1. The molecule has 1 aromatic heterocycles. The van der Waals surface area contributed by atoms with Gasteiger partial charge in [0.15, 0.2) is 5.11 Å². The fraction of sp³-hybridized carbons (Fsp3) is 0.214. The first-order chi connectivity index (χ1) is 9.19. The van der Waals surface area contributed by atoms with Gasteiger partial charge in [-0.1, -0.05) is 25.1 Å². The molecule has 19 heavy (non-hydrogen) atoms. The van der Waals surface area contributed by atoms with Crippen molar-refractivity contribution in [3.63, 3.8) is 0 Å². The summed E-state index contributed by atoms with van der Waals surface area (Å²) in [6.07, 6.45) is 2.65. The minimum Gasteiger partial charge on any atom is -0.332 e. The van der Waals surface area contributed by atoms with Crippen molar-refractivity contribution in [2.24, 2.45) is 0 Å². The fourth-order valence-corrected chi connectivity index (χ4v) is 1.92. The van der Waals surface area contributed by atoms with Crippen LogP contribution in [0.2, 0.25) is 0 Å². The van der Waals surface area contributed by atoms with E-state index in [2.05, 4.69) is 33.6 Å². The molecular formula is C14H16N4S. The van der Waals surface area contributed by atoms with E-state index in [1.165, 1.54) is 5.56 Å². The molecule has 0 aliphatic heterocycles. The van der Waals surface area contributed by atoms with Crippen molar-refractivity contribution in [3.05, 3.63) is 47.8 Å². The number of nitrogens with zero attached hydrogens (tertiary/aromatic N) is 2. The average Bonchev–Trinajstić information content (AvgIpc) is 2.39. The number of nitrogens with one attached hydrogen (secondary N) is 2. The Hall–Kier alpha value is -2.01. The number of anilines is 2. The Morgan fingerprint density at radius 2 is 2.00 bits per heavy atom. The summed E-state index contributed by atoms with van der Waals surface area (Å²) in [5, 5.41) is 6.64. The number of thiocarbonyl (C=S) groups is 1. The first kappa shape index (κ1) is 13.4. The van der Waals surface area contributed by atoms with E-state index in [9.17, 15) is 0 Å². The van der Waals surface area contributed by atoms with Gasteiger partial charge in [0, 0.05) is 17.6 Å². The van der Waals surface area contributed by atoms with Crippen molar-refractivity contribution in [3.8, 4) is 0 Å². The fourth-order valence-electron chi connectivity index (χ4n) is 1.71. The highest BCUT2D eigenvalue weighted by Gasteiger charge is 2.04. The van der Waals surface area contributed by atoms with Crippen LogP contribution in [-0.4, -0.2) is 15.1 Å². The summed E-state index contributed by atoms with van der Waals surface area (Å²) in [6, 6.07) is 9.92. The zero-order valence-electron chi connectivity index (χ0n) is 11.0. The minimum absolute atomic E-state index is 0.492. The third-order valence-corrected chi connectivity index (χ3v) is 2.87. The number of hydrogen-bond acceptors (Lipinski definition) is 3. The molecule has 0 spiro atoms. The highest BCUT2D eigenvalue weighted by Crippen LogP contribution is 2.15. The van der Waals surface area contributed by atoms with Crippen LogP contribution in [0.15, 0.2) is 36.5 Å². The maximum absolute atomic E-state index is 5.27. The van der Waals surface area contributed by atoms with E-state index in [1.54, 1.807) is 6.20 Å². The molecular weight excluding hydrogens is 256 g/mol. The predicted octanol–water partition coefficient (Wildman–Crippen LogP) is 3.16. The second-order valence-electron chi connectivity index (χ2n) is 4.11. The van der Waals surface area contributed by atoms with Crippen LogP contribution >= 0.6 is 12.2 Å². The van der Waals surface area contributed by atoms with Crippen molar-refractivity contribution < 1.29 is 0 Å². The van der Waals surface area contributed by atoms with Crippen LogP contribution < -0.4 is 10.6 Å². The lowest BCUT2D eigenvalue weighted by molar-refractivity contribution is 1.11. The quantitative estimate of drug-likeness (QED) is 0.841. The van der Waals surface area contributed by atoms with Crippen molar-refractivity contribution in [2.75, 3.05) is 10.6 Å². The number of hydrogen-bond donors (Lipinski definition) is 2. The van der Waals surface area contributed by atoms with Gasteiger partial charge in [-0.05, 0) is 43.3 Å². The van der Waals surface area contributed by atoms with Gasteiger partial charge in [0.1, 0.15) is 0 Å². The van der Waals surface area contributed by atoms with Crippen LogP contribution in [0, 0.1) is 6.92 Å². The molecule has 5 heteroatoms. The molecule has 0 aliphatic carbocycles. The van der Waals surface area contributed by atoms with Crippen LogP contribution in [-0.2, 0) is 6.42 Å². The largest absolute Gasteiger partial charge is 0.332 e. The lowest BCUT2D eigenvalue weighted by Crippen LogP contribution is -2.21. The summed E-state index contributed by atoms with van der Waals surface area (Å²) in [6.45, 7) is 4.02. The summed E-state index contributed by atoms with van der Waals surface area (Å²) in [5.74, 6) is 0.506. The first-order valence-electron chi connectivity index (χ1n) is 6.14.